The SMILES string of the molecule is N#C/C(Cl)=C\Cl. The summed E-state index contributed by atoms with van der Waals surface area (Å²) in [6.07, 6.45) is 0. The van der Waals surface area contributed by atoms with Gasteiger partial charge in [0, 0.05) is 5.54 Å². The fourth-order valence-electron chi connectivity index (χ4n) is 0.0244. The van der Waals surface area contributed by atoms with Crippen LogP contribution in [0.3, 0.4) is 0 Å². The smallest absolute Gasteiger partial charge is 0.129 e. The molecule has 0 aliphatic heterocycles. The van der Waals surface area contributed by atoms with Crippen molar-refractivity contribution in [1.82, 2.24) is 0 Å². The largest absolute Gasteiger partial charge is 0.191 e. The molecule has 0 radical (unpaired) electrons. The molecule has 0 aromatic rings. The van der Waals surface area contributed by atoms with Crippen molar-refractivity contribution in [3.8, 4) is 6.07 Å². The quantitative estimate of drug-likeness (QED) is 0.449. The fourth-order valence-corrected chi connectivity index (χ4v) is 0.0732. The highest BCUT2D eigenvalue weighted by atomic mass is 35.5. The molecule has 0 N–H and O–H groups in total. The van der Waals surface area contributed by atoms with E-state index in [1.54, 1.807) is 6.07 Å². The molecule has 0 fully saturated rings. The molecule has 0 saturated carbocycles. The summed E-state index contributed by atoms with van der Waals surface area (Å²) in [5.41, 5.74) is 1.02. The van der Waals surface area contributed by atoms with E-state index >= 15 is 0 Å². The molecule has 0 aliphatic carbocycles. The Kier molecular flexibility index (Phi) is 2.92. The van der Waals surface area contributed by atoms with Gasteiger partial charge in [-0.1, -0.05) is 23.2 Å². The van der Waals surface area contributed by atoms with Gasteiger partial charge in [0.2, 0.25) is 0 Å². The number of nitrogens with zero attached hydrogens (tertiary/aromatic N) is 1. The molecule has 0 aromatic carbocycles. The van der Waals surface area contributed by atoms with Crippen LogP contribution in [-0.4, -0.2) is 0 Å². The monoisotopic (exact) mass is 121 g/mol. The number of hydrogen-bond acceptors (Lipinski definition) is 1. The first-order valence-electron chi connectivity index (χ1n) is 1.17. The minimum Gasteiger partial charge on any atom is -0.191 e. The van der Waals surface area contributed by atoms with Crippen molar-refractivity contribution in [3.05, 3.63) is 10.6 Å². The van der Waals surface area contributed by atoms with Crippen molar-refractivity contribution in [2.24, 2.45) is 0 Å². The average Bonchev–Trinajstić information content (AvgIpc) is 1.65. The minimum absolute atomic E-state index is 0.0108. The standard InChI is InChI=1S/C3HCl2N/c4-1-3(5)2-6/h1H/b3-1+. The van der Waals surface area contributed by atoms with E-state index in [2.05, 4.69) is 0 Å². The van der Waals surface area contributed by atoms with Gasteiger partial charge in [-0.15, -0.1) is 0 Å². The molecule has 0 aliphatic rings. The normalized spacial score (nSPS) is 10.5. The third-order valence-electron chi connectivity index (χ3n) is 0.203. The van der Waals surface area contributed by atoms with Gasteiger partial charge in [-0.25, -0.2) is 0 Å². The Bertz CT molecular complexity index is 99.9. The van der Waals surface area contributed by atoms with Crippen molar-refractivity contribution >= 4 is 23.2 Å². The Morgan fingerprint density at radius 2 is 2.33 bits per heavy atom. The van der Waals surface area contributed by atoms with Crippen LogP contribution in [0.25, 0.3) is 0 Å². The van der Waals surface area contributed by atoms with Crippen molar-refractivity contribution in [3.63, 3.8) is 0 Å². The predicted molar refractivity (Wildman–Crippen MR) is 25.4 cm³/mol. The zero-order valence-corrected chi connectivity index (χ0v) is 4.29. The van der Waals surface area contributed by atoms with Crippen molar-refractivity contribution < 1.29 is 0 Å². The van der Waals surface area contributed by atoms with Gasteiger partial charge in [-0.2, -0.15) is 5.26 Å². The van der Waals surface area contributed by atoms with E-state index in [0.717, 1.165) is 5.54 Å². The van der Waals surface area contributed by atoms with Crippen LogP contribution in [0, 0.1) is 11.3 Å². The van der Waals surface area contributed by atoms with E-state index in [-0.39, 0.29) is 5.03 Å². The Hall–Kier alpha value is -0.190. The van der Waals surface area contributed by atoms with Crippen LogP contribution in [0.1, 0.15) is 0 Å². The molecule has 0 amide bonds. The van der Waals surface area contributed by atoms with Crippen LogP contribution in [0.5, 0.6) is 0 Å². The highest BCUT2D eigenvalue weighted by Crippen LogP contribution is 1.97. The topological polar surface area (TPSA) is 23.8 Å². The number of halogens is 2. The average molecular weight is 122 g/mol. The molecule has 1 nitrogen and oxygen atoms in total. The van der Waals surface area contributed by atoms with Crippen molar-refractivity contribution in [2.75, 3.05) is 0 Å². The zero-order chi connectivity index (χ0) is 4.99. The molecule has 0 heterocycles. The fraction of sp³-hybridized carbons (Fsp3) is 0. The van der Waals surface area contributed by atoms with Crippen molar-refractivity contribution in [2.45, 2.75) is 0 Å². The van der Waals surface area contributed by atoms with Gasteiger partial charge in [0.1, 0.15) is 11.1 Å². The molecule has 3 heteroatoms. The van der Waals surface area contributed by atoms with Gasteiger partial charge in [-0.3, -0.25) is 0 Å². The summed E-state index contributed by atoms with van der Waals surface area (Å²) in [5, 5.41) is 7.81. The third kappa shape index (κ3) is 2.07. The molecule has 0 bridgehead atoms. The van der Waals surface area contributed by atoms with Crippen LogP contribution in [0.15, 0.2) is 10.6 Å². The second-order valence-electron chi connectivity index (χ2n) is 0.569. The maximum Gasteiger partial charge on any atom is 0.129 e. The van der Waals surface area contributed by atoms with Crippen molar-refractivity contribution in [1.29, 1.82) is 5.26 Å². The van der Waals surface area contributed by atoms with E-state index in [9.17, 15) is 0 Å². The second kappa shape index (κ2) is 3.02. The first-order chi connectivity index (χ1) is 2.81. The van der Waals surface area contributed by atoms with E-state index in [0.29, 0.717) is 0 Å². The van der Waals surface area contributed by atoms with Gasteiger partial charge in [0.25, 0.3) is 0 Å². The highest BCUT2D eigenvalue weighted by molar-refractivity contribution is 6.38. The van der Waals surface area contributed by atoms with E-state index in [4.69, 9.17) is 28.5 Å². The Balaban J connectivity index is 3.61. The van der Waals surface area contributed by atoms with E-state index in [1.807, 2.05) is 0 Å². The lowest BCUT2D eigenvalue weighted by Crippen LogP contribution is -1.50. The van der Waals surface area contributed by atoms with Gasteiger partial charge in [-0.05, 0) is 0 Å². The van der Waals surface area contributed by atoms with E-state index in [1.165, 1.54) is 0 Å². The highest BCUT2D eigenvalue weighted by Gasteiger charge is 1.77. The summed E-state index contributed by atoms with van der Waals surface area (Å²) in [7, 11) is 0. The molecule has 0 unspecified atom stereocenters. The number of rotatable bonds is 0. The summed E-state index contributed by atoms with van der Waals surface area (Å²) in [6, 6.07) is 1.61. The minimum atomic E-state index is 0.0108. The van der Waals surface area contributed by atoms with Crippen LogP contribution in [-0.2, 0) is 0 Å². The second-order valence-corrected chi connectivity index (χ2v) is 1.19. The van der Waals surface area contributed by atoms with Crippen LogP contribution in [0.4, 0.5) is 0 Å². The van der Waals surface area contributed by atoms with Gasteiger partial charge in [0.05, 0.1) is 0 Å². The summed E-state index contributed by atoms with van der Waals surface area (Å²) < 4.78 is 0. The van der Waals surface area contributed by atoms with Gasteiger partial charge >= 0.3 is 0 Å². The molecular formula is C3HCl2N. The summed E-state index contributed by atoms with van der Waals surface area (Å²) in [4.78, 5) is 0. The number of nitriles is 1. The lowest BCUT2D eigenvalue weighted by molar-refractivity contribution is 1.53. The molecule has 32 valence electrons. The molecule has 0 aromatic heterocycles. The summed E-state index contributed by atoms with van der Waals surface area (Å²) in [5.74, 6) is 0. The molecular weight excluding hydrogens is 121 g/mol. The first kappa shape index (κ1) is 5.81. The zero-order valence-electron chi connectivity index (χ0n) is 2.78. The Morgan fingerprint density at radius 3 is 2.33 bits per heavy atom. The van der Waals surface area contributed by atoms with Gasteiger partial charge in [0.15, 0.2) is 0 Å². The Morgan fingerprint density at radius 1 is 1.83 bits per heavy atom. The predicted octanol–water partition coefficient (Wildman–Crippen LogP) is 1.83. The number of allylic oxidation sites excluding steroid dienone is 1. The first-order valence-corrected chi connectivity index (χ1v) is 1.98. The van der Waals surface area contributed by atoms with E-state index < -0.39 is 0 Å². The molecule has 0 rings (SSSR count). The van der Waals surface area contributed by atoms with Crippen LogP contribution < -0.4 is 0 Å². The third-order valence-corrected chi connectivity index (χ3v) is 0.726. The molecule has 0 spiro atoms. The lowest BCUT2D eigenvalue weighted by Gasteiger charge is -1.64. The van der Waals surface area contributed by atoms with Crippen LogP contribution in [0.2, 0.25) is 0 Å². The molecule has 6 heavy (non-hydrogen) atoms. The maximum atomic E-state index is 7.80. The summed E-state index contributed by atoms with van der Waals surface area (Å²) >= 11 is 9.95. The van der Waals surface area contributed by atoms with Gasteiger partial charge < -0.3 is 0 Å². The number of hydrogen-bond donors (Lipinski definition) is 0. The lowest BCUT2D eigenvalue weighted by atomic mass is 10.7. The molecule has 0 atom stereocenters. The summed E-state index contributed by atoms with van der Waals surface area (Å²) in [6.45, 7) is 0. The Labute approximate surface area is 45.8 Å². The maximum absolute atomic E-state index is 7.80. The van der Waals surface area contributed by atoms with Crippen LogP contribution >= 0.6 is 23.2 Å². The molecule has 0 saturated heterocycles.